The van der Waals surface area contributed by atoms with Gasteiger partial charge in [-0.05, 0) is 51.4 Å². The van der Waals surface area contributed by atoms with Crippen LogP contribution < -0.4 is 22.1 Å². The summed E-state index contributed by atoms with van der Waals surface area (Å²) in [6.45, 7) is 9.96. The number of nitrogens with zero attached hydrogens (tertiary/aromatic N) is 1. The van der Waals surface area contributed by atoms with Gasteiger partial charge >= 0.3 is 11.9 Å². The topological polar surface area (TPSA) is 175 Å². The van der Waals surface area contributed by atoms with Crippen molar-refractivity contribution in [3.05, 3.63) is 0 Å². The minimum atomic E-state index is -0.763. The zero-order valence-corrected chi connectivity index (χ0v) is 32.4. The molecular weight excluding hydrogens is 634 g/mol. The molecule has 0 aromatic heterocycles. The van der Waals surface area contributed by atoms with Crippen LogP contribution in [0.25, 0.3) is 0 Å². The molecule has 0 aliphatic heterocycles. The number of hydrogen-bond donors (Lipinski definition) is 4. The first-order chi connectivity index (χ1) is 24.2. The molecule has 0 rings (SSSR count). The lowest BCUT2D eigenvalue weighted by atomic mass is 9.95. The van der Waals surface area contributed by atoms with Gasteiger partial charge in [-0.1, -0.05) is 118 Å². The molecule has 0 aliphatic rings. The fourth-order valence-electron chi connectivity index (χ4n) is 5.96. The van der Waals surface area contributed by atoms with E-state index in [9.17, 15) is 19.2 Å². The molecule has 0 aromatic carbocycles. The summed E-state index contributed by atoms with van der Waals surface area (Å²) in [6.07, 6.45) is 21.0. The van der Waals surface area contributed by atoms with Crippen molar-refractivity contribution in [1.82, 2.24) is 10.6 Å². The largest absolute Gasteiger partial charge is 0.465 e. The number of carbonyl (C=O) groups excluding carboxylic acids is 4. The number of amides is 2. The molecule has 0 saturated heterocycles. The van der Waals surface area contributed by atoms with Crippen molar-refractivity contribution in [3.63, 3.8) is 0 Å². The predicted molar refractivity (Wildman–Crippen MR) is 203 cm³/mol. The highest BCUT2D eigenvalue weighted by molar-refractivity contribution is 5.87. The Morgan fingerprint density at radius 3 is 1.72 bits per heavy atom. The summed E-state index contributed by atoms with van der Waals surface area (Å²) >= 11 is 0. The fourth-order valence-corrected chi connectivity index (χ4v) is 5.96. The van der Waals surface area contributed by atoms with Crippen LogP contribution in [0.2, 0.25) is 0 Å². The van der Waals surface area contributed by atoms with Crippen molar-refractivity contribution in [2.75, 3.05) is 26.3 Å². The summed E-state index contributed by atoms with van der Waals surface area (Å²) in [7, 11) is 0. The molecule has 11 heteroatoms. The number of ether oxygens (including phenoxy) is 2. The SMILES string of the molecule is CCCCCCC(CCCC)C(=O)OCCCC(=O)N[C@@H](CCN=C(N)N)C(=O)NCCCCCCCCOC(=O)C(CCC)CCCCC. The van der Waals surface area contributed by atoms with E-state index in [-0.39, 0.29) is 67.5 Å². The molecule has 292 valence electrons. The second-order valence-corrected chi connectivity index (χ2v) is 13.7. The first-order valence-corrected chi connectivity index (χ1v) is 20.2. The first kappa shape index (κ1) is 47.1. The molecule has 0 fully saturated rings. The monoisotopic (exact) mass is 710 g/mol. The highest BCUT2D eigenvalue weighted by atomic mass is 16.5. The lowest BCUT2D eigenvalue weighted by molar-refractivity contribution is -0.150. The van der Waals surface area contributed by atoms with Gasteiger partial charge in [0, 0.05) is 19.5 Å². The van der Waals surface area contributed by atoms with Crippen molar-refractivity contribution in [2.24, 2.45) is 28.3 Å². The van der Waals surface area contributed by atoms with Crippen molar-refractivity contribution < 1.29 is 28.7 Å². The van der Waals surface area contributed by atoms with Crippen LogP contribution in [0.1, 0.15) is 175 Å². The molecule has 50 heavy (non-hydrogen) atoms. The maximum absolute atomic E-state index is 12.9. The normalized spacial score (nSPS) is 12.8. The number of unbranched alkanes of at least 4 members (excludes halogenated alkanes) is 11. The van der Waals surface area contributed by atoms with Gasteiger partial charge in [0.25, 0.3) is 0 Å². The third-order valence-electron chi connectivity index (χ3n) is 9.04. The number of esters is 2. The summed E-state index contributed by atoms with van der Waals surface area (Å²) in [5.74, 6) is -0.863. The van der Waals surface area contributed by atoms with Crippen LogP contribution in [-0.2, 0) is 28.7 Å². The smallest absolute Gasteiger partial charge is 0.308 e. The minimum Gasteiger partial charge on any atom is -0.465 e. The number of nitrogens with two attached hydrogens (primary N) is 2. The molecule has 2 unspecified atom stereocenters. The predicted octanol–water partition coefficient (Wildman–Crippen LogP) is 7.23. The summed E-state index contributed by atoms with van der Waals surface area (Å²) in [5.41, 5.74) is 10.9. The van der Waals surface area contributed by atoms with E-state index in [4.69, 9.17) is 20.9 Å². The number of guanidine groups is 1. The highest BCUT2D eigenvalue weighted by Gasteiger charge is 2.22. The molecule has 0 heterocycles. The molecule has 0 aromatic rings. The van der Waals surface area contributed by atoms with Crippen LogP contribution in [0, 0.1) is 11.8 Å². The zero-order chi connectivity index (χ0) is 37.2. The summed E-state index contributed by atoms with van der Waals surface area (Å²) in [5, 5.41) is 5.74. The van der Waals surface area contributed by atoms with Crippen molar-refractivity contribution in [1.29, 1.82) is 0 Å². The third-order valence-corrected chi connectivity index (χ3v) is 9.04. The molecule has 0 spiro atoms. The molecule has 0 aliphatic carbocycles. The van der Waals surface area contributed by atoms with E-state index in [1.54, 1.807) is 0 Å². The fraction of sp³-hybridized carbons (Fsp3) is 0.872. The Kier molecular flexibility index (Phi) is 31.4. The van der Waals surface area contributed by atoms with Crippen LogP contribution in [0.3, 0.4) is 0 Å². The van der Waals surface area contributed by atoms with E-state index in [0.29, 0.717) is 19.6 Å². The molecular formula is C39H75N5O6. The third kappa shape index (κ3) is 26.9. The Morgan fingerprint density at radius 2 is 1.10 bits per heavy atom. The maximum atomic E-state index is 12.9. The van der Waals surface area contributed by atoms with Gasteiger partial charge in [-0.25, -0.2) is 0 Å². The lowest BCUT2D eigenvalue weighted by Crippen LogP contribution is -2.47. The van der Waals surface area contributed by atoms with E-state index in [1.807, 2.05) is 0 Å². The van der Waals surface area contributed by atoms with Gasteiger partial charge in [0.1, 0.15) is 6.04 Å². The second kappa shape index (κ2) is 33.3. The Labute approximate surface area is 304 Å². The van der Waals surface area contributed by atoms with Crippen LogP contribution in [0.5, 0.6) is 0 Å². The van der Waals surface area contributed by atoms with E-state index in [1.165, 1.54) is 6.42 Å². The van der Waals surface area contributed by atoms with E-state index < -0.39 is 6.04 Å². The van der Waals surface area contributed by atoms with Gasteiger partial charge in [-0.2, -0.15) is 0 Å². The van der Waals surface area contributed by atoms with E-state index >= 15 is 0 Å². The Balaban J connectivity index is 4.43. The van der Waals surface area contributed by atoms with Gasteiger partial charge in [0.2, 0.25) is 11.8 Å². The summed E-state index contributed by atoms with van der Waals surface area (Å²) < 4.78 is 11.1. The molecule has 11 nitrogen and oxygen atoms in total. The van der Waals surface area contributed by atoms with Crippen LogP contribution in [0.4, 0.5) is 0 Å². The molecule has 0 radical (unpaired) electrons. The summed E-state index contributed by atoms with van der Waals surface area (Å²) in [6, 6.07) is -0.763. The molecule has 0 saturated carbocycles. The number of aliphatic imine (C=N–C) groups is 1. The maximum Gasteiger partial charge on any atom is 0.308 e. The summed E-state index contributed by atoms with van der Waals surface area (Å²) in [4.78, 5) is 54.7. The van der Waals surface area contributed by atoms with Crippen LogP contribution in [-0.4, -0.2) is 62.1 Å². The minimum absolute atomic E-state index is 0.0355. The quantitative estimate of drug-likeness (QED) is 0.0234. The Bertz CT molecular complexity index is 911. The molecule has 6 N–H and O–H groups in total. The molecule has 0 bridgehead atoms. The Morgan fingerprint density at radius 1 is 0.580 bits per heavy atom. The number of nitrogens with one attached hydrogen (secondary N) is 2. The van der Waals surface area contributed by atoms with Crippen molar-refractivity contribution in [2.45, 2.75) is 181 Å². The van der Waals surface area contributed by atoms with Crippen LogP contribution in [0.15, 0.2) is 4.99 Å². The standard InChI is InChI=1S/C39H75N5O6/c1-5-9-12-18-25-33(23-11-7-3)38(48)50-31-21-26-35(45)44-34(27-29-43-39(40)41)36(46)42-28-19-15-13-14-16-20-30-49-37(47)32(22-8-4)24-17-10-6-2/h32-34H,5-31H2,1-4H3,(H,42,46)(H,44,45)(H4,40,41,43)/t32?,33?,34-/m0/s1. The lowest BCUT2D eigenvalue weighted by Gasteiger charge is -2.18. The second-order valence-electron chi connectivity index (χ2n) is 13.7. The molecule has 2 amide bonds. The van der Waals surface area contributed by atoms with Gasteiger partial charge in [-0.15, -0.1) is 0 Å². The van der Waals surface area contributed by atoms with Crippen molar-refractivity contribution >= 4 is 29.7 Å². The number of carbonyl (C=O) groups is 4. The van der Waals surface area contributed by atoms with Gasteiger partial charge in [-0.3, -0.25) is 24.2 Å². The highest BCUT2D eigenvalue weighted by Crippen LogP contribution is 2.20. The van der Waals surface area contributed by atoms with Gasteiger partial charge < -0.3 is 31.6 Å². The van der Waals surface area contributed by atoms with Crippen LogP contribution >= 0.6 is 0 Å². The zero-order valence-electron chi connectivity index (χ0n) is 32.4. The number of rotatable bonds is 34. The van der Waals surface area contributed by atoms with Gasteiger partial charge in [0.15, 0.2) is 5.96 Å². The number of hydrogen-bond acceptors (Lipinski definition) is 7. The van der Waals surface area contributed by atoms with E-state index in [0.717, 1.165) is 122 Å². The Hall–Kier alpha value is -2.85. The average molecular weight is 710 g/mol. The first-order valence-electron chi connectivity index (χ1n) is 20.2. The molecule has 3 atom stereocenters. The van der Waals surface area contributed by atoms with Crippen molar-refractivity contribution in [3.8, 4) is 0 Å². The van der Waals surface area contributed by atoms with E-state index in [2.05, 4.69) is 43.3 Å². The average Bonchev–Trinajstić information content (AvgIpc) is 3.09. The van der Waals surface area contributed by atoms with Gasteiger partial charge in [0.05, 0.1) is 25.0 Å².